The van der Waals surface area contributed by atoms with Crippen molar-refractivity contribution in [2.45, 2.75) is 31.5 Å². The monoisotopic (exact) mass is 297 g/mol. The summed E-state index contributed by atoms with van der Waals surface area (Å²) in [6.07, 6.45) is 0. The molecule has 1 aromatic heterocycles. The molecule has 0 bridgehead atoms. The van der Waals surface area contributed by atoms with Gasteiger partial charge in [-0.3, -0.25) is 9.36 Å². The van der Waals surface area contributed by atoms with E-state index in [0.29, 0.717) is 13.2 Å². The minimum Gasteiger partial charge on any atom is -0.464 e. The summed E-state index contributed by atoms with van der Waals surface area (Å²) in [5.74, 6) is 0.504. The highest BCUT2D eigenvalue weighted by molar-refractivity contribution is 7.99. The number of methoxy groups -OCH3 is 1. The lowest BCUT2D eigenvalue weighted by Gasteiger charge is -2.32. The molecule has 2 heterocycles. The molecule has 1 aliphatic heterocycles. The normalized spacial score (nSPS) is 21.4. The maximum atomic E-state index is 12.2. The molecule has 0 fully saturated rings. The number of thioether (sulfide) groups is 1. The summed E-state index contributed by atoms with van der Waals surface area (Å²) in [7, 11) is 1.61. The Morgan fingerprint density at radius 3 is 2.90 bits per heavy atom. The number of hydrogen-bond donors (Lipinski definition) is 0. The molecule has 0 spiro atoms. The van der Waals surface area contributed by atoms with E-state index in [1.165, 1.54) is 6.07 Å². The van der Waals surface area contributed by atoms with Crippen molar-refractivity contribution in [3.05, 3.63) is 28.0 Å². The van der Waals surface area contributed by atoms with E-state index in [1.54, 1.807) is 36.4 Å². The van der Waals surface area contributed by atoms with Crippen molar-refractivity contribution < 1.29 is 14.3 Å². The summed E-state index contributed by atoms with van der Waals surface area (Å²) >= 11 is 1.59. The van der Waals surface area contributed by atoms with Gasteiger partial charge in [0.1, 0.15) is 6.04 Å². The van der Waals surface area contributed by atoms with Gasteiger partial charge in [-0.2, -0.15) is 0 Å². The first-order valence-corrected chi connectivity index (χ1v) is 7.61. The van der Waals surface area contributed by atoms with Crippen molar-refractivity contribution in [3.63, 3.8) is 0 Å². The predicted octanol–water partition coefficient (Wildman–Crippen LogP) is 1.84. The van der Waals surface area contributed by atoms with Crippen LogP contribution in [0.3, 0.4) is 0 Å². The van der Waals surface area contributed by atoms with Crippen molar-refractivity contribution in [2.24, 2.45) is 5.92 Å². The zero-order chi connectivity index (χ0) is 14.7. The number of fused-ring (bicyclic) bond motifs is 1. The summed E-state index contributed by atoms with van der Waals surface area (Å²) in [4.78, 5) is 24.4. The van der Waals surface area contributed by atoms with Crippen LogP contribution in [0.5, 0.6) is 0 Å². The van der Waals surface area contributed by atoms with E-state index in [1.807, 2.05) is 6.92 Å². The van der Waals surface area contributed by atoms with Gasteiger partial charge in [0.05, 0.1) is 18.2 Å². The zero-order valence-electron chi connectivity index (χ0n) is 11.9. The van der Waals surface area contributed by atoms with Crippen LogP contribution in [0.25, 0.3) is 0 Å². The highest BCUT2D eigenvalue weighted by Crippen LogP contribution is 2.36. The molecule has 5 nitrogen and oxygen atoms in total. The Morgan fingerprint density at radius 2 is 2.25 bits per heavy atom. The molecule has 1 aliphatic rings. The van der Waals surface area contributed by atoms with Gasteiger partial charge >= 0.3 is 5.97 Å². The standard InChI is InChI=1S/C14H19NO4S/c1-4-19-14(17)12-9(2)8-20-13-10(7-18-3)5-6-11(16)15(12)13/h5-6,9,12H,4,7-8H2,1-3H3/t9-,12+/m1/s1. The van der Waals surface area contributed by atoms with Gasteiger partial charge in [-0.25, -0.2) is 4.79 Å². The minimum absolute atomic E-state index is 0.0574. The molecule has 110 valence electrons. The van der Waals surface area contributed by atoms with Crippen molar-refractivity contribution >= 4 is 17.7 Å². The van der Waals surface area contributed by atoms with E-state index >= 15 is 0 Å². The first-order chi connectivity index (χ1) is 9.60. The van der Waals surface area contributed by atoms with E-state index in [9.17, 15) is 9.59 Å². The van der Waals surface area contributed by atoms with E-state index in [0.717, 1.165) is 16.3 Å². The highest BCUT2D eigenvalue weighted by atomic mass is 32.2. The van der Waals surface area contributed by atoms with Gasteiger partial charge in [-0.1, -0.05) is 6.92 Å². The third kappa shape index (κ3) is 2.76. The second-order valence-corrected chi connectivity index (χ2v) is 5.80. The fourth-order valence-electron chi connectivity index (χ4n) is 2.39. The molecule has 2 atom stereocenters. The fraction of sp³-hybridized carbons (Fsp3) is 0.571. The van der Waals surface area contributed by atoms with Crippen molar-refractivity contribution in [2.75, 3.05) is 19.5 Å². The Bertz CT molecular complexity index is 555. The van der Waals surface area contributed by atoms with Gasteiger partial charge in [0.2, 0.25) is 0 Å². The fourth-order valence-corrected chi connectivity index (χ4v) is 3.65. The number of carbonyl (C=O) groups excluding carboxylic acids is 1. The van der Waals surface area contributed by atoms with E-state index in [-0.39, 0.29) is 17.4 Å². The quantitative estimate of drug-likeness (QED) is 0.794. The van der Waals surface area contributed by atoms with Crippen LogP contribution in [0, 0.1) is 5.92 Å². The number of ether oxygens (including phenoxy) is 2. The molecule has 2 rings (SSSR count). The van der Waals surface area contributed by atoms with Crippen LogP contribution >= 0.6 is 11.8 Å². The molecule has 0 amide bonds. The molecule has 0 N–H and O–H groups in total. The van der Waals surface area contributed by atoms with Crippen molar-refractivity contribution in [1.82, 2.24) is 4.57 Å². The Hall–Kier alpha value is -1.27. The molecule has 0 aromatic carbocycles. The maximum absolute atomic E-state index is 12.2. The second kappa shape index (κ2) is 6.45. The predicted molar refractivity (Wildman–Crippen MR) is 77.0 cm³/mol. The average Bonchev–Trinajstić information content (AvgIpc) is 2.42. The number of carbonyl (C=O) groups is 1. The first-order valence-electron chi connectivity index (χ1n) is 6.63. The molecule has 0 saturated carbocycles. The molecule has 0 aliphatic carbocycles. The molecule has 6 heteroatoms. The molecule has 1 aromatic rings. The SMILES string of the molecule is CCOC(=O)[C@@H]1[C@H](C)CSc2c(COC)ccc(=O)n21. The topological polar surface area (TPSA) is 57.5 Å². The summed E-state index contributed by atoms with van der Waals surface area (Å²) < 4.78 is 11.8. The number of rotatable bonds is 4. The third-order valence-electron chi connectivity index (χ3n) is 3.29. The number of nitrogens with zero attached hydrogens (tertiary/aromatic N) is 1. The summed E-state index contributed by atoms with van der Waals surface area (Å²) in [6.45, 7) is 4.47. The lowest BCUT2D eigenvalue weighted by atomic mass is 10.0. The van der Waals surface area contributed by atoms with Gasteiger partial charge in [0.15, 0.2) is 0 Å². The van der Waals surface area contributed by atoms with Crippen LogP contribution in [0.2, 0.25) is 0 Å². The van der Waals surface area contributed by atoms with E-state index in [4.69, 9.17) is 9.47 Å². The first kappa shape index (κ1) is 15.1. The number of pyridine rings is 1. The van der Waals surface area contributed by atoms with Crippen LogP contribution in [-0.4, -0.2) is 30.0 Å². The minimum atomic E-state index is -0.546. The summed E-state index contributed by atoms with van der Waals surface area (Å²) in [6, 6.07) is 2.71. The highest BCUT2D eigenvalue weighted by Gasteiger charge is 2.35. The van der Waals surface area contributed by atoms with Crippen molar-refractivity contribution in [3.8, 4) is 0 Å². The van der Waals surface area contributed by atoms with Gasteiger partial charge in [0.25, 0.3) is 5.56 Å². The molecule has 20 heavy (non-hydrogen) atoms. The van der Waals surface area contributed by atoms with Gasteiger partial charge in [-0.05, 0) is 18.9 Å². The second-order valence-electron chi connectivity index (χ2n) is 4.79. The van der Waals surface area contributed by atoms with Gasteiger partial charge < -0.3 is 9.47 Å². The summed E-state index contributed by atoms with van der Waals surface area (Å²) in [5, 5.41) is 0.815. The summed E-state index contributed by atoms with van der Waals surface area (Å²) in [5.41, 5.74) is 0.759. The Morgan fingerprint density at radius 1 is 1.50 bits per heavy atom. The smallest absolute Gasteiger partial charge is 0.329 e. The van der Waals surface area contributed by atoms with Crippen LogP contribution in [0.4, 0.5) is 0 Å². The van der Waals surface area contributed by atoms with Crippen LogP contribution in [-0.2, 0) is 20.9 Å². The number of hydrogen-bond acceptors (Lipinski definition) is 5. The van der Waals surface area contributed by atoms with Gasteiger partial charge in [-0.15, -0.1) is 11.8 Å². The maximum Gasteiger partial charge on any atom is 0.329 e. The number of aromatic nitrogens is 1. The Labute approximate surface area is 122 Å². The lowest BCUT2D eigenvalue weighted by molar-refractivity contribution is -0.149. The van der Waals surface area contributed by atoms with Crippen LogP contribution in [0.1, 0.15) is 25.5 Å². The van der Waals surface area contributed by atoms with E-state index < -0.39 is 6.04 Å². The lowest BCUT2D eigenvalue weighted by Crippen LogP contribution is -2.39. The van der Waals surface area contributed by atoms with Gasteiger partial charge in [0, 0.05) is 24.5 Å². The molecule has 0 radical (unpaired) electrons. The third-order valence-corrected chi connectivity index (χ3v) is 4.71. The van der Waals surface area contributed by atoms with E-state index in [2.05, 4.69) is 0 Å². The molecular weight excluding hydrogens is 278 g/mol. The zero-order valence-corrected chi connectivity index (χ0v) is 12.7. The largest absolute Gasteiger partial charge is 0.464 e. The molecule has 0 saturated heterocycles. The average molecular weight is 297 g/mol. The Balaban J connectivity index is 2.51. The van der Waals surface area contributed by atoms with Crippen molar-refractivity contribution in [1.29, 1.82) is 0 Å². The van der Waals surface area contributed by atoms with Crippen LogP contribution in [0.15, 0.2) is 22.0 Å². The Kier molecular flexibility index (Phi) is 4.88. The molecular formula is C14H19NO4S. The number of esters is 1. The van der Waals surface area contributed by atoms with Crippen LogP contribution < -0.4 is 5.56 Å². The molecule has 0 unspecified atom stereocenters.